The molecule has 1 aromatic rings. The van der Waals surface area contributed by atoms with Crippen LogP contribution >= 0.6 is 0 Å². The first-order chi connectivity index (χ1) is 25.2. The van der Waals surface area contributed by atoms with E-state index in [0.717, 1.165) is 25.7 Å². The summed E-state index contributed by atoms with van der Waals surface area (Å²) >= 11 is 0. The molecule has 1 aromatic carbocycles. The van der Waals surface area contributed by atoms with Gasteiger partial charge < -0.3 is 44.8 Å². The largest absolute Gasteiger partial charge is 0.479 e. The van der Waals surface area contributed by atoms with Gasteiger partial charge in [0.05, 0.1) is 24.4 Å². The average Bonchev–Trinajstić information content (AvgIpc) is 3.10. The molecule has 4 saturated carbocycles. The Kier molecular flexibility index (Phi) is 9.85. The normalized spacial score (nSPS) is 47.9. The lowest BCUT2D eigenvalue weighted by molar-refractivity contribution is -0.324. The lowest BCUT2D eigenvalue weighted by atomic mass is 9.33. The molecule has 54 heavy (non-hydrogen) atoms. The van der Waals surface area contributed by atoms with E-state index in [1.54, 1.807) is 12.1 Å². The van der Waals surface area contributed by atoms with E-state index in [-0.39, 0.29) is 46.6 Å². The number of fused-ring (bicyclic) bond motifs is 7. The van der Waals surface area contributed by atoms with Crippen LogP contribution in [-0.2, 0) is 19.0 Å². The molecule has 5 aliphatic carbocycles. The van der Waals surface area contributed by atoms with Crippen LogP contribution in [0, 0.1) is 50.2 Å². The molecular weight excluding hydrogens is 692 g/mol. The number of rotatable bonds is 6. The molecular formula is C43H62O11. The molecule has 11 nitrogen and oxygen atoms in total. The lowest BCUT2D eigenvalue weighted by Gasteiger charge is -2.72. The predicted octanol–water partition coefficient (Wildman–Crippen LogP) is 4.86. The van der Waals surface area contributed by atoms with Crippen LogP contribution in [-0.4, -0.2) is 98.2 Å². The minimum Gasteiger partial charge on any atom is -0.479 e. The Morgan fingerprint density at radius 3 is 2.17 bits per heavy atom. The highest BCUT2D eigenvalue weighted by Gasteiger charge is 2.71. The maximum atomic E-state index is 13.3. The fourth-order valence-electron chi connectivity index (χ4n) is 13.2. The third-order valence-corrected chi connectivity index (χ3v) is 16.6. The van der Waals surface area contributed by atoms with Gasteiger partial charge in [0.2, 0.25) is 0 Å². The number of ether oxygens (including phenoxy) is 3. The van der Waals surface area contributed by atoms with Crippen LogP contribution in [0.25, 0.3) is 0 Å². The number of aliphatic hydroxyl groups is 5. The van der Waals surface area contributed by atoms with Crippen LogP contribution in [0.3, 0.4) is 0 Å². The first-order valence-electron chi connectivity index (χ1n) is 20.0. The Labute approximate surface area is 319 Å². The highest BCUT2D eigenvalue weighted by molar-refractivity contribution is 5.89. The minimum absolute atomic E-state index is 0.0766. The molecule has 0 bridgehead atoms. The number of hydrogen-bond acceptors (Lipinski definition) is 10. The quantitative estimate of drug-likeness (QED) is 0.133. The number of carboxylic acids is 1. The van der Waals surface area contributed by atoms with Crippen molar-refractivity contribution in [2.75, 3.05) is 6.61 Å². The van der Waals surface area contributed by atoms with Crippen molar-refractivity contribution in [3.05, 3.63) is 47.5 Å². The van der Waals surface area contributed by atoms with E-state index >= 15 is 0 Å². The van der Waals surface area contributed by atoms with E-state index < -0.39 is 71.2 Å². The van der Waals surface area contributed by atoms with Gasteiger partial charge in [-0.15, -0.1) is 0 Å². The van der Waals surface area contributed by atoms with Crippen molar-refractivity contribution in [3.8, 4) is 0 Å². The van der Waals surface area contributed by atoms with E-state index in [1.165, 1.54) is 5.57 Å². The Bertz CT molecular complexity index is 1640. The fourth-order valence-corrected chi connectivity index (χ4v) is 13.2. The molecule has 6 N–H and O–H groups in total. The van der Waals surface area contributed by atoms with E-state index in [2.05, 4.69) is 54.5 Å². The van der Waals surface area contributed by atoms with Crippen molar-refractivity contribution in [1.29, 1.82) is 0 Å². The number of aliphatic hydroxyl groups excluding tert-OH is 5. The van der Waals surface area contributed by atoms with E-state index in [9.17, 15) is 40.2 Å². The third-order valence-electron chi connectivity index (χ3n) is 16.6. The van der Waals surface area contributed by atoms with Gasteiger partial charge in [0.25, 0.3) is 0 Å². The molecule has 1 saturated heterocycles. The Balaban J connectivity index is 1.16. The molecule has 7 rings (SSSR count). The lowest BCUT2D eigenvalue weighted by Crippen LogP contribution is -2.68. The van der Waals surface area contributed by atoms with Gasteiger partial charge in [-0.25, -0.2) is 9.59 Å². The molecule has 0 spiro atoms. The zero-order chi connectivity index (χ0) is 39.4. The van der Waals surface area contributed by atoms with Crippen molar-refractivity contribution in [3.63, 3.8) is 0 Å². The second-order valence-corrected chi connectivity index (χ2v) is 19.8. The minimum atomic E-state index is -1.78. The zero-order valence-corrected chi connectivity index (χ0v) is 32.9. The first-order valence-corrected chi connectivity index (χ1v) is 20.0. The van der Waals surface area contributed by atoms with Gasteiger partial charge in [-0.1, -0.05) is 78.3 Å². The second-order valence-electron chi connectivity index (χ2n) is 19.8. The van der Waals surface area contributed by atoms with Gasteiger partial charge in [0.1, 0.15) is 24.4 Å². The van der Waals surface area contributed by atoms with Crippen LogP contribution in [0.5, 0.6) is 0 Å². The molecule has 11 heteroatoms. The molecule has 15 atom stereocenters. The van der Waals surface area contributed by atoms with Crippen LogP contribution in [0.4, 0.5) is 0 Å². The van der Waals surface area contributed by atoms with Crippen LogP contribution in [0.15, 0.2) is 42.0 Å². The monoisotopic (exact) mass is 754 g/mol. The number of carboxylic acid groups (broad SMARTS) is 1. The number of carbonyl (C=O) groups excluding carboxylic acids is 1. The Morgan fingerprint density at radius 2 is 1.52 bits per heavy atom. The smallest absolute Gasteiger partial charge is 0.338 e. The van der Waals surface area contributed by atoms with Crippen molar-refractivity contribution in [2.45, 2.75) is 149 Å². The van der Waals surface area contributed by atoms with E-state index in [4.69, 9.17) is 14.2 Å². The van der Waals surface area contributed by atoms with Crippen molar-refractivity contribution in [1.82, 2.24) is 0 Å². The highest BCUT2D eigenvalue weighted by atomic mass is 16.7. The zero-order valence-electron chi connectivity index (χ0n) is 32.9. The van der Waals surface area contributed by atoms with Gasteiger partial charge in [0.15, 0.2) is 12.4 Å². The maximum Gasteiger partial charge on any atom is 0.338 e. The molecule has 5 fully saturated rings. The molecule has 300 valence electrons. The van der Waals surface area contributed by atoms with Gasteiger partial charge >= 0.3 is 11.9 Å². The summed E-state index contributed by atoms with van der Waals surface area (Å²) in [4.78, 5) is 25.1. The van der Waals surface area contributed by atoms with Crippen LogP contribution < -0.4 is 0 Å². The first kappa shape index (κ1) is 39.8. The van der Waals surface area contributed by atoms with E-state index in [0.29, 0.717) is 31.2 Å². The number of benzene rings is 1. The number of carbonyl (C=O) groups is 2. The summed E-state index contributed by atoms with van der Waals surface area (Å²) in [6.45, 7) is 15.6. The molecule has 6 aliphatic rings. The standard InChI is InChI=1S/C43H62O11/c1-38(2)19-25-24-13-14-27-40(5)17-16-29(53-37-33(48)31(46)32(47)34(54-37)35(49)50)39(3,4)26(40)15-18-41(27,6)42(24,7)20-28(45)43(25,22-44)21-30(38)52-36(51)23-11-9-8-10-12-23/h8-13,25-34,37,44-48H,14-22H2,1-7H3,(H,49,50)/t25-,26+,27-,28-,29-,30-,31-,32-,33-,34-,37+,40-,41+,42+,43+/m0/s1. The predicted molar refractivity (Wildman–Crippen MR) is 198 cm³/mol. The Morgan fingerprint density at radius 1 is 0.833 bits per heavy atom. The molecule has 0 unspecified atom stereocenters. The molecule has 0 aromatic heterocycles. The van der Waals surface area contributed by atoms with Crippen LogP contribution in [0.2, 0.25) is 0 Å². The van der Waals surface area contributed by atoms with E-state index in [1.807, 2.05) is 18.2 Å². The SMILES string of the molecule is CC1(C)C[C@H]2C3=CC[C@H]4[C@@]5(C)CC[C@H](O[C@@H]6O[C@H](C(=O)O)[C@@H](O)[C@H](O)[C@@H]6O)C(C)(C)[C@H]5CC[C@@]4(C)[C@]3(C)C[C@H](O)[C@@]2(CO)C[C@@H]1OC(=O)c1ccccc1. The van der Waals surface area contributed by atoms with Crippen molar-refractivity contribution in [2.24, 2.45) is 50.2 Å². The van der Waals surface area contributed by atoms with Gasteiger partial charge in [-0.05, 0) is 103 Å². The van der Waals surface area contributed by atoms with Crippen LogP contribution in [0.1, 0.15) is 110 Å². The third kappa shape index (κ3) is 5.69. The molecule has 1 aliphatic heterocycles. The van der Waals surface area contributed by atoms with Crippen molar-refractivity contribution < 1.29 is 54.4 Å². The second kappa shape index (κ2) is 13.4. The summed E-state index contributed by atoms with van der Waals surface area (Å²) < 4.78 is 18.1. The van der Waals surface area contributed by atoms with Gasteiger partial charge in [-0.2, -0.15) is 0 Å². The molecule has 1 heterocycles. The summed E-state index contributed by atoms with van der Waals surface area (Å²) in [7, 11) is 0. The average molecular weight is 755 g/mol. The van der Waals surface area contributed by atoms with Gasteiger partial charge in [0, 0.05) is 10.8 Å². The summed E-state index contributed by atoms with van der Waals surface area (Å²) in [5.74, 6) is -1.40. The molecule has 0 amide bonds. The molecule has 0 radical (unpaired) electrons. The summed E-state index contributed by atoms with van der Waals surface area (Å²) in [5.41, 5.74) is -0.423. The number of aliphatic carboxylic acids is 1. The highest BCUT2D eigenvalue weighted by Crippen LogP contribution is 2.76. The number of esters is 1. The topological polar surface area (TPSA) is 183 Å². The maximum absolute atomic E-state index is 13.3. The summed E-state index contributed by atoms with van der Waals surface area (Å²) in [6, 6.07) is 8.97. The summed E-state index contributed by atoms with van der Waals surface area (Å²) in [6.07, 6.45) is -1.72. The number of allylic oxidation sites excluding steroid dienone is 2. The number of hydrogen-bond donors (Lipinski definition) is 6. The van der Waals surface area contributed by atoms with Crippen molar-refractivity contribution >= 4 is 11.9 Å². The Hall–Kier alpha value is -2.38. The van der Waals surface area contributed by atoms with Gasteiger partial charge in [-0.3, -0.25) is 0 Å². The summed E-state index contributed by atoms with van der Waals surface area (Å²) in [5, 5.41) is 64.6. The fraction of sp³-hybridized carbons (Fsp3) is 0.767.